The van der Waals surface area contributed by atoms with Gasteiger partial charge < -0.3 is 14.5 Å². The van der Waals surface area contributed by atoms with E-state index in [1.165, 1.54) is 6.92 Å². The smallest absolute Gasteiger partial charge is 0.377 e. The molecular formula is C20H21F3N8O. The first-order valence-corrected chi connectivity index (χ1v) is 10.5. The summed E-state index contributed by atoms with van der Waals surface area (Å²) in [5.41, 5.74) is -0.0998. The predicted molar refractivity (Wildman–Crippen MR) is 108 cm³/mol. The second kappa shape index (κ2) is 6.74. The molecule has 0 aliphatic carbocycles. The molecule has 0 N–H and O–H groups in total. The van der Waals surface area contributed by atoms with E-state index in [9.17, 15) is 13.2 Å². The molecule has 0 unspecified atom stereocenters. The zero-order valence-corrected chi connectivity index (χ0v) is 17.4. The number of halogens is 3. The van der Waals surface area contributed by atoms with Gasteiger partial charge in [-0.25, -0.2) is 19.6 Å². The average Bonchev–Trinajstić information content (AvgIpc) is 3.29. The lowest BCUT2D eigenvalue weighted by molar-refractivity contribution is -0.141. The number of aromatic nitrogens is 6. The molecule has 32 heavy (non-hydrogen) atoms. The third-order valence-corrected chi connectivity index (χ3v) is 6.50. The summed E-state index contributed by atoms with van der Waals surface area (Å²) < 4.78 is 46.5. The van der Waals surface area contributed by atoms with E-state index in [1.54, 1.807) is 12.4 Å². The first kappa shape index (κ1) is 19.6. The minimum atomic E-state index is -4.48. The van der Waals surface area contributed by atoms with Crippen molar-refractivity contribution >= 4 is 22.8 Å². The van der Waals surface area contributed by atoms with E-state index < -0.39 is 11.9 Å². The van der Waals surface area contributed by atoms with Crippen molar-refractivity contribution in [2.45, 2.75) is 25.6 Å². The Labute approximate surface area is 181 Å². The number of anilines is 2. The normalized spacial score (nSPS) is 20.8. The molecule has 9 nitrogen and oxygen atoms in total. The molecule has 0 radical (unpaired) electrons. The Balaban J connectivity index is 1.18. The van der Waals surface area contributed by atoms with Crippen LogP contribution in [0, 0.1) is 12.3 Å². The van der Waals surface area contributed by atoms with Gasteiger partial charge in [0.15, 0.2) is 5.65 Å². The van der Waals surface area contributed by atoms with Crippen molar-refractivity contribution in [3.63, 3.8) is 0 Å². The Kier molecular flexibility index (Phi) is 4.14. The molecule has 3 aromatic rings. The Morgan fingerprint density at radius 3 is 2.56 bits per heavy atom. The fourth-order valence-electron chi connectivity index (χ4n) is 4.76. The maximum absolute atomic E-state index is 13.1. The zero-order chi connectivity index (χ0) is 22.1. The summed E-state index contributed by atoms with van der Waals surface area (Å²) in [4.78, 5) is 21.1. The van der Waals surface area contributed by atoms with E-state index in [-0.39, 0.29) is 17.3 Å². The van der Waals surface area contributed by atoms with Crippen LogP contribution in [0.3, 0.4) is 0 Å². The quantitative estimate of drug-likeness (QED) is 0.606. The summed E-state index contributed by atoms with van der Waals surface area (Å²) in [6.45, 7) is 5.62. The van der Waals surface area contributed by atoms with Crippen LogP contribution in [-0.2, 0) is 10.9 Å². The van der Waals surface area contributed by atoms with Gasteiger partial charge in [-0.2, -0.15) is 23.3 Å². The molecule has 0 bridgehead atoms. The van der Waals surface area contributed by atoms with Crippen molar-refractivity contribution in [3.05, 3.63) is 30.0 Å². The van der Waals surface area contributed by atoms with Crippen molar-refractivity contribution < 1.29 is 17.9 Å². The first-order valence-electron chi connectivity index (χ1n) is 10.5. The van der Waals surface area contributed by atoms with Crippen LogP contribution in [0.2, 0.25) is 0 Å². The fourth-order valence-corrected chi connectivity index (χ4v) is 4.76. The van der Waals surface area contributed by atoms with Gasteiger partial charge in [-0.15, -0.1) is 0 Å². The highest BCUT2D eigenvalue weighted by atomic mass is 19.4. The van der Waals surface area contributed by atoms with Crippen LogP contribution in [0.4, 0.5) is 24.9 Å². The number of nitrogens with zero attached hydrogens (tertiary/aromatic N) is 8. The second-order valence-corrected chi connectivity index (χ2v) is 8.91. The summed E-state index contributed by atoms with van der Waals surface area (Å²) >= 11 is 0. The summed E-state index contributed by atoms with van der Waals surface area (Å²) in [7, 11) is 0. The molecule has 12 heteroatoms. The Morgan fingerprint density at radius 2 is 1.84 bits per heavy atom. The third kappa shape index (κ3) is 3.15. The Hall–Kier alpha value is -3.02. The number of ether oxygens (including phenoxy) is 1. The predicted octanol–water partition coefficient (Wildman–Crippen LogP) is 2.23. The highest BCUT2D eigenvalue weighted by molar-refractivity contribution is 5.75. The molecule has 0 amide bonds. The molecule has 3 fully saturated rings. The van der Waals surface area contributed by atoms with Gasteiger partial charge >= 0.3 is 6.18 Å². The second-order valence-electron chi connectivity index (χ2n) is 8.91. The summed E-state index contributed by atoms with van der Waals surface area (Å²) in [5.74, 6) is 1.12. The molecule has 1 spiro atoms. The van der Waals surface area contributed by atoms with Gasteiger partial charge in [0.1, 0.15) is 23.4 Å². The number of aryl methyl sites for hydroxylation is 1. The van der Waals surface area contributed by atoms with Crippen molar-refractivity contribution in [2.75, 3.05) is 49.2 Å². The summed E-state index contributed by atoms with van der Waals surface area (Å²) in [6, 6.07) is 1.24. The van der Waals surface area contributed by atoms with Crippen LogP contribution < -0.4 is 9.80 Å². The van der Waals surface area contributed by atoms with Gasteiger partial charge in [-0.1, -0.05) is 0 Å². The van der Waals surface area contributed by atoms with Gasteiger partial charge in [0.05, 0.1) is 24.8 Å². The number of fused-ring (bicyclic) bond motifs is 1. The molecule has 6 rings (SSSR count). The van der Waals surface area contributed by atoms with Gasteiger partial charge in [0.2, 0.25) is 5.95 Å². The minimum Gasteiger partial charge on any atom is -0.377 e. The van der Waals surface area contributed by atoms with Crippen LogP contribution in [0.1, 0.15) is 24.0 Å². The highest BCUT2D eigenvalue weighted by Gasteiger charge is 2.49. The number of hydrogen-bond acceptors (Lipinski definition) is 8. The van der Waals surface area contributed by atoms with Gasteiger partial charge in [-0.05, 0) is 13.3 Å². The van der Waals surface area contributed by atoms with E-state index in [0.29, 0.717) is 38.1 Å². The lowest BCUT2D eigenvalue weighted by Gasteiger charge is -2.48. The lowest BCUT2D eigenvalue weighted by Crippen LogP contribution is -2.58. The van der Waals surface area contributed by atoms with E-state index in [2.05, 4.69) is 25.0 Å². The number of hydrogen-bond donors (Lipinski definition) is 0. The Morgan fingerprint density at radius 1 is 1.06 bits per heavy atom. The minimum absolute atomic E-state index is 0.00236. The van der Waals surface area contributed by atoms with E-state index in [4.69, 9.17) is 9.72 Å². The monoisotopic (exact) mass is 446 g/mol. The van der Waals surface area contributed by atoms with Crippen molar-refractivity contribution in [3.8, 4) is 0 Å². The van der Waals surface area contributed by atoms with E-state index in [1.807, 2.05) is 9.58 Å². The topological polar surface area (TPSA) is 85.1 Å². The summed E-state index contributed by atoms with van der Waals surface area (Å²) in [6.07, 6.45) is 0.00675. The molecule has 3 aliphatic heterocycles. The first-order chi connectivity index (χ1) is 15.3. The maximum Gasteiger partial charge on any atom is 0.433 e. The van der Waals surface area contributed by atoms with Crippen LogP contribution in [-0.4, -0.2) is 69.1 Å². The molecule has 3 aromatic heterocycles. The van der Waals surface area contributed by atoms with E-state index in [0.717, 1.165) is 36.6 Å². The van der Waals surface area contributed by atoms with Crippen LogP contribution in [0.15, 0.2) is 18.5 Å². The Bertz CT molecular complexity index is 1190. The van der Waals surface area contributed by atoms with Crippen molar-refractivity contribution in [1.82, 2.24) is 29.7 Å². The molecule has 0 atom stereocenters. The molecule has 0 aromatic carbocycles. The van der Waals surface area contributed by atoms with E-state index >= 15 is 0 Å². The van der Waals surface area contributed by atoms with Gasteiger partial charge in [-0.3, -0.25) is 0 Å². The third-order valence-electron chi connectivity index (χ3n) is 6.50. The molecule has 3 saturated heterocycles. The summed E-state index contributed by atoms with van der Waals surface area (Å²) in [5, 5.41) is 5.33. The molecule has 6 heterocycles. The largest absolute Gasteiger partial charge is 0.433 e. The molecule has 0 saturated carbocycles. The standard InChI is InChI=1S/C20H21F3N8O/c1-12-26-15(20(21,22)23)4-16(27-12)30-10-19(11-30)2-3-29(9-19)18-24-5-13-6-25-31(17(13)28-18)14-7-32-8-14/h4-6,14H,2-3,7-11H2,1H3. The molecule has 168 valence electrons. The van der Waals surface area contributed by atoms with Crippen LogP contribution in [0.25, 0.3) is 11.0 Å². The average molecular weight is 446 g/mol. The van der Waals surface area contributed by atoms with Crippen LogP contribution >= 0.6 is 0 Å². The fraction of sp³-hybridized carbons (Fsp3) is 0.550. The van der Waals surface area contributed by atoms with Gasteiger partial charge in [0, 0.05) is 43.9 Å². The number of alkyl halides is 3. The molecule has 3 aliphatic rings. The zero-order valence-electron chi connectivity index (χ0n) is 17.4. The van der Waals surface area contributed by atoms with Crippen molar-refractivity contribution in [1.29, 1.82) is 0 Å². The molecular weight excluding hydrogens is 425 g/mol. The van der Waals surface area contributed by atoms with Crippen LogP contribution in [0.5, 0.6) is 0 Å². The van der Waals surface area contributed by atoms with Gasteiger partial charge in [0.25, 0.3) is 0 Å². The highest BCUT2D eigenvalue weighted by Crippen LogP contribution is 2.43. The van der Waals surface area contributed by atoms with Crippen molar-refractivity contribution in [2.24, 2.45) is 5.41 Å². The lowest BCUT2D eigenvalue weighted by atomic mass is 9.79. The maximum atomic E-state index is 13.1. The number of rotatable bonds is 3. The SMILES string of the molecule is Cc1nc(N2CC3(CCN(c4ncc5cnn(C6COC6)c5n4)C3)C2)cc(C(F)(F)F)n1.